The number of carbonyl (C=O) groups is 1. The first-order chi connectivity index (χ1) is 8.69. The Hall–Kier alpha value is -1.33. The van der Waals surface area contributed by atoms with Gasteiger partial charge in [-0.25, -0.2) is 4.79 Å². The summed E-state index contributed by atoms with van der Waals surface area (Å²) in [5, 5.41) is 21.8. The lowest BCUT2D eigenvalue weighted by atomic mass is 9.89. The summed E-state index contributed by atoms with van der Waals surface area (Å²) in [4.78, 5) is 10.7. The molecule has 1 aromatic rings. The fourth-order valence-electron chi connectivity index (χ4n) is 1.89. The highest BCUT2D eigenvalue weighted by atomic mass is 16.4. The molecule has 0 spiro atoms. The second-order valence-electron chi connectivity index (χ2n) is 6.06. The second kappa shape index (κ2) is 6.21. The van der Waals surface area contributed by atoms with Gasteiger partial charge in [0.15, 0.2) is 0 Å². The minimum absolute atomic E-state index is 0.0705. The summed E-state index contributed by atoms with van der Waals surface area (Å²) in [6.45, 7) is 8.54. The number of hydrogen-bond donors (Lipinski definition) is 3. The largest absolute Gasteiger partial charge is 0.475 e. The molecule has 0 bridgehead atoms. The molecule has 108 valence electrons. The van der Waals surface area contributed by atoms with Crippen LogP contribution < -0.4 is 5.32 Å². The molecule has 1 heterocycles. The highest BCUT2D eigenvalue weighted by Gasteiger charge is 2.18. The van der Waals surface area contributed by atoms with E-state index in [1.54, 1.807) is 6.07 Å². The Labute approximate surface area is 113 Å². The molecule has 1 rings (SSSR count). The van der Waals surface area contributed by atoms with E-state index in [1.165, 1.54) is 6.07 Å². The average Bonchev–Trinajstić information content (AvgIpc) is 2.72. The van der Waals surface area contributed by atoms with E-state index in [2.05, 4.69) is 26.1 Å². The number of aromatic carboxylic acids is 1. The summed E-state index contributed by atoms with van der Waals surface area (Å²) < 4.78 is 5.20. The monoisotopic (exact) mass is 269 g/mol. The molecule has 0 saturated carbocycles. The fourth-order valence-corrected chi connectivity index (χ4v) is 1.89. The van der Waals surface area contributed by atoms with Gasteiger partial charge in [0, 0.05) is 6.54 Å². The minimum atomic E-state index is -1.08. The fraction of sp³-hybridized carbons (Fsp3) is 0.643. The summed E-state index contributed by atoms with van der Waals surface area (Å²) in [5.41, 5.74) is 0.0749. The number of furan rings is 1. The molecule has 5 nitrogen and oxygen atoms in total. The number of aliphatic hydroxyl groups is 1. The molecule has 0 aliphatic rings. The predicted octanol–water partition coefficient (Wildman–Crippen LogP) is 2.43. The Bertz CT molecular complexity index is 419. The van der Waals surface area contributed by atoms with Crippen molar-refractivity contribution in [3.05, 3.63) is 23.7 Å². The third kappa shape index (κ3) is 5.44. The molecule has 0 fully saturated rings. The Morgan fingerprint density at radius 1 is 1.42 bits per heavy atom. The first kappa shape index (κ1) is 15.7. The van der Waals surface area contributed by atoms with Crippen LogP contribution in [0.25, 0.3) is 0 Å². The van der Waals surface area contributed by atoms with E-state index in [-0.39, 0.29) is 17.2 Å². The molecule has 2 atom stereocenters. The van der Waals surface area contributed by atoms with Crippen LogP contribution in [0.5, 0.6) is 0 Å². The van der Waals surface area contributed by atoms with Gasteiger partial charge in [-0.15, -0.1) is 0 Å². The van der Waals surface area contributed by atoms with Crippen molar-refractivity contribution in [2.45, 2.75) is 46.3 Å². The molecule has 3 N–H and O–H groups in total. The summed E-state index contributed by atoms with van der Waals surface area (Å²) in [7, 11) is 0. The topological polar surface area (TPSA) is 82.7 Å². The number of rotatable bonds is 6. The van der Waals surface area contributed by atoms with Crippen LogP contribution in [0.15, 0.2) is 16.5 Å². The van der Waals surface area contributed by atoms with Gasteiger partial charge >= 0.3 is 5.97 Å². The number of carboxylic acids is 1. The summed E-state index contributed by atoms with van der Waals surface area (Å²) in [6, 6.07) is 2.93. The zero-order chi connectivity index (χ0) is 14.6. The van der Waals surface area contributed by atoms with E-state index in [1.807, 2.05) is 6.92 Å². The van der Waals surface area contributed by atoms with Gasteiger partial charge in [-0.05, 0) is 30.9 Å². The van der Waals surface area contributed by atoms with Crippen molar-refractivity contribution in [1.82, 2.24) is 5.32 Å². The third-order valence-electron chi connectivity index (χ3n) is 2.77. The molecule has 0 saturated heterocycles. The SMILES string of the molecule is CC(NCC(O)CC(C)(C)C)c1ccc(C(=O)O)o1. The van der Waals surface area contributed by atoms with Gasteiger partial charge in [0.05, 0.1) is 12.1 Å². The lowest BCUT2D eigenvalue weighted by Crippen LogP contribution is -2.31. The molecular formula is C14H23NO4. The van der Waals surface area contributed by atoms with Crippen molar-refractivity contribution in [2.75, 3.05) is 6.54 Å². The maximum Gasteiger partial charge on any atom is 0.371 e. The van der Waals surface area contributed by atoms with Crippen LogP contribution in [0.4, 0.5) is 0 Å². The first-order valence-corrected chi connectivity index (χ1v) is 6.43. The Kier molecular flexibility index (Phi) is 5.14. The Balaban J connectivity index is 2.46. The maximum atomic E-state index is 10.7. The standard InChI is InChI=1S/C14H23NO4/c1-9(11-5-6-12(19-11)13(17)18)15-8-10(16)7-14(2,3)4/h5-6,9-10,15-16H,7-8H2,1-4H3,(H,17,18). The molecule has 0 aromatic carbocycles. The lowest BCUT2D eigenvalue weighted by Gasteiger charge is -2.23. The zero-order valence-corrected chi connectivity index (χ0v) is 11.9. The molecule has 2 unspecified atom stereocenters. The Morgan fingerprint density at radius 3 is 2.53 bits per heavy atom. The van der Waals surface area contributed by atoms with Crippen LogP contribution >= 0.6 is 0 Å². The minimum Gasteiger partial charge on any atom is -0.475 e. The van der Waals surface area contributed by atoms with E-state index in [0.29, 0.717) is 18.7 Å². The van der Waals surface area contributed by atoms with E-state index < -0.39 is 12.1 Å². The van der Waals surface area contributed by atoms with Crippen LogP contribution in [0.3, 0.4) is 0 Å². The number of hydrogen-bond acceptors (Lipinski definition) is 4. The van der Waals surface area contributed by atoms with Crippen molar-refractivity contribution in [1.29, 1.82) is 0 Å². The van der Waals surface area contributed by atoms with E-state index in [9.17, 15) is 9.90 Å². The van der Waals surface area contributed by atoms with E-state index in [4.69, 9.17) is 9.52 Å². The van der Waals surface area contributed by atoms with Crippen LogP contribution in [-0.4, -0.2) is 28.8 Å². The molecule has 5 heteroatoms. The van der Waals surface area contributed by atoms with E-state index in [0.717, 1.165) is 0 Å². The highest BCUT2D eigenvalue weighted by molar-refractivity contribution is 5.84. The van der Waals surface area contributed by atoms with Gasteiger partial charge in [-0.2, -0.15) is 0 Å². The number of nitrogens with one attached hydrogen (secondary N) is 1. The van der Waals surface area contributed by atoms with Gasteiger partial charge in [0.25, 0.3) is 0 Å². The maximum absolute atomic E-state index is 10.7. The van der Waals surface area contributed by atoms with Crippen molar-refractivity contribution < 1.29 is 19.4 Å². The van der Waals surface area contributed by atoms with Gasteiger partial charge in [0.1, 0.15) is 5.76 Å². The van der Waals surface area contributed by atoms with Crippen LogP contribution in [-0.2, 0) is 0 Å². The zero-order valence-electron chi connectivity index (χ0n) is 11.9. The van der Waals surface area contributed by atoms with Gasteiger partial charge < -0.3 is 19.9 Å². The molecule has 1 aromatic heterocycles. The van der Waals surface area contributed by atoms with Gasteiger partial charge in [0.2, 0.25) is 5.76 Å². The van der Waals surface area contributed by atoms with Gasteiger partial charge in [-0.3, -0.25) is 0 Å². The molecule has 0 amide bonds. The average molecular weight is 269 g/mol. The molecule has 0 aliphatic carbocycles. The van der Waals surface area contributed by atoms with Crippen LogP contribution in [0.1, 0.15) is 56.5 Å². The predicted molar refractivity (Wildman–Crippen MR) is 72.2 cm³/mol. The normalized spacial score (nSPS) is 15.2. The molecule has 0 radical (unpaired) electrons. The van der Waals surface area contributed by atoms with Crippen molar-refractivity contribution in [2.24, 2.45) is 5.41 Å². The van der Waals surface area contributed by atoms with Crippen LogP contribution in [0.2, 0.25) is 0 Å². The van der Waals surface area contributed by atoms with Crippen molar-refractivity contribution in [3.63, 3.8) is 0 Å². The first-order valence-electron chi connectivity index (χ1n) is 6.43. The Morgan fingerprint density at radius 2 is 2.05 bits per heavy atom. The molecule has 0 aliphatic heterocycles. The summed E-state index contributed by atoms with van der Waals surface area (Å²) >= 11 is 0. The summed E-state index contributed by atoms with van der Waals surface area (Å²) in [5.74, 6) is -0.592. The molecule has 19 heavy (non-hydrogen) atoms. The third-order valence-corrected chi connectivity index (χ3v) is 2.77. The number of aliphatic hydroxyl groups excluding tert-OH is 1. The van der Waals surface area contributed by atoms with E-state index >= 15 is 0 Å². The second-order valence-corrected chi connectivity index (χ2v) is 6.06. The van der Waals surface area contributed by atoms with Crippen molar-refractivity contribution in [3.8, 4) is 0 Å². The summed E-state index contributed by atoms with van der Waals surface area (Å²) in [6.07, 6.45) is 0.266. The highest BCUT2D eigenvalue weighted by Crippen LogP contribution is 2.21. The van der Waals surface area contributed by atoms with Crippen molar-refractivity contribution >= 4 is 5.97 Å². The quantitative estimate of drug-likeness (QED) is 0.738. The lowest BCUT2D eigenvalue weighted by molar-refractivity contribution is 0.0658. The van der Waals surface area contributed by atoms with Gasteiger partial charge in [-0.1, -0.05) is 20.8 Å². The number of carboxylic acid groups (broad SMARTS) is 1. The van der Waals surface area contributed by atoms with Crippen LogP contribution in [0, 0.1) is 5.41 Å². The smallest absolute Gasteiger partial charge is 0.371 e. The molecular weight excluding hydrogens is 246 g/mol.